The molecular weight excluding hydrogens is 232 g/mol. The second-order valence-corrected chi connectivity index (χ2v) is 3.97. The topological polar surface area (TPSA) is 62.8 Å². The first-order chi connectivity index (χ1) is 8.79. The summed E-state index contributed by atoms with van der Waals surface area (Å²) in [6, 6.07) is 10.5. The maximum atomic E-state index is 9.21. The van der Waals surface area contributed by atoms with Crippen LogP contribution in [0.2, 0.25) is 0 Å². The summed E-state index contributed by atoms with van der Waals surface area (Å²) in [5.41, 5.74) is 1.07. The largest absolute Gasteiger partial charge is 0.508 e. The monoisotopic (exact) mass is 248 g/mol. The van der Waals surface area contributed by atoms with Crippen LogP contribution >= 0.6 is 0 Å². The molecule has 1 aromatic heterocycles. The third kappa shape index (κ3) is 3.35. The maximum Gasteiger partial charge on any atom is 0.138 e. The van der Waals surface area contributed by atoms with Crippen LogP contribution in [0.3, 0.4) is 0 Å². The molecule has 0 radical (unpaired) electrons. The molecule has 1 atom stereocenters. The summed E-state index contributed by atoms with van der Waals surface area (Å²) >= 11 is 0. The van der Waals surface area contributed by atoms with Gasteiger partial charge in [-0.05, 0) is 36.2 Å². The van der Waals surface area contributed by atoms with Gasteiger partial charge in [0.05, 0.1) is 19.5 Å². The van der Waals surface area contributed by atoms with Crippen LogP contribution in [0.1, 0.15) is 17.4 Å². The van der Waals surface area contributed by atoms with Crippen molar-refractivity contribution in [3.63, 3.8) is 0 Å². The fourth-order valence-electron chi connectivity index (χ4n) is 1.68. The van der Waals surface area contributed by atoms with E-state index in [0.717, 1.165) is 12.0 Å². The van der Waals surface area contributed by atoms with Crippen LogP contribution < -0.4 is 0 Å². The summed E-state index contributed by atoms with van der Waals surface area (Å²) in [4.78, 5) is 0. The fourth-order valence-corrected chi connectivity index (χ4v) is 1.68. The average Bonchev–Trinajstić information content (AvgIpc) is 2.91. The predicted molar refractivity (Wildman–Crippen MR) is 66.3 cm³/mol. The Kier molecular flexibility index (Phi) is 4.39. The van der Waals surface area contributed by atoms with Gasteiger partial charge in [-0.15, -0.1) is 0 Å². The first-order valence-electron chi connectivity index (χ1n) is 5.83. The minimum Gasteiger partial charge on any atom is -0.508 e. The number of aliphatic hydroxyl groups excluding tert-OH is 1. The van der Waals surface area contributed by atoms with E-state index in [2.05, 4.69) is 0 Å². The number of phenols is 1. The molecule has 4 nitrogen and oxygen atoms in total. The lowest BCUT2D eigenvalue weighted by Gasteiger charge is -2.12. The molecule has 0 saturated heterocycles. The molecule has 2 rings (SSSR count). The lowest BCUT2D eigenvalue weighted by Crippen LogP contribution is -2.10. The molecule has 0 aliphatic heterocycles. The van der Waals surface area contributed by atoms with Crippen molar-refractivity contribution in [3.05, 3.63) is 54.0 Å². The van der Waals surface area contributed by atoms with Crippen LogP contribution in [0.15, 0.2) is 47.1 Å². The Bertz CT molecular complexity index is 447. The number of rotatable bonds is 6. The average molecular weight is 248 g/mol. The number of aromatic hydroxyl groups is 1. The van der Waals surface area contributed by atoms with E-state index in [1.54, 1.807) is 30.5 Å². The molecule has 96 valence electrons. The quantitative estimate of drug-likeness (QED) is 0.823. The van der Waals surface area contributed by atoms with Gasteiger partial charge in [-0.2, -0.15) is 0 Å². The van der Waals surface area contributed by atoms with Crippen LogP contribution in [-0.4, -0.2) is 23.4 Å². The summed E-state index contributed by atoms with van der Waals surface area (Å²) in [6.07, 6.45) is 1.86. The van der Waals surface area contributed by atoms with Gasteiger partial charge in [0.2, 0.25) is 0 Å². The number of phenolic OH excluding ortho intramolecular Hbond substituents is 1. The molecule has 0 bridgehead atoms. The molecule has 0 saturated carbocycles. The van der Waals surface area contributed by atoms with E-state index >= 15 is 0 Å². The lowest BCUT2D eigenvalue weighted by atomic mass is 10.1. The smallest absolute Gasteiger partial charge is 0.138 e. The minimum absolute atomic E-state index is 0.108. The maximum absolute atomic E-state index is 9.21. The molecule has 18 heavy (non-hydrogen) atoms. The second-order valence-electron chi connectivity index (χ2n) is 3.97. The van der Waals surface area contributed by atoms with Crippen molar-refractivity contribution in [1.29, 1.82) is 0 Å². The van der Waals surface area contributed by atoms with E-state index < -0.39 is 6.10 Å². The van der Waals surface area contributed by atoms with Crippen LogP contribution in [-0.2, 0) is 11.2 Å². The lowest BCUT2D eigenvalue weighted by molar-refractivity contribution is 0.000455. The molecule has 2 aromatic rings. The standard InChI is InChI=1S/C14H16O4/c15-10-14(13-2-1-8-17-13)18-9-7-11-3-5-12(16)6-4-11/h1-6,8,14-16H,7,9-10H2/t14-/m0/s1. The normalized spacial score (nSPS) is 12.5. The van der Waals surface area contributed by atoms with Crippen LogP contribution in [0.25, 0.3) is 0 Å². The number of hydrogen-bond donors (Lipinski definition) is 2. The van der Waals surface area contributed by atoms with Crippen molar-refractivity contribution in [2.75, 3.05) is 13.2 Å². The molecular formula is C14H16O4. The molecule has 0 spiro atoms. The summed E-state index contributed by atoms with van der Waals surface area (Å²) in [5.74, 6) is 0.881. The van der Waals surface area contributed by atoms with Crippen molar-refractivity contribution in [2.45, 2.75) is 12.5 Å². The molecule has 0 aliphatic rings. The van der Waals surface area contributed by atoms with Gasteiger partial charge in [0, 0.05) is 0 Å². The Morgan fingerprint density at radius 3 is 2.56 bits per heavy atom. The Morgan fingerprint density at radius 2 is 1.94 bits per heavy atom. The highest BCUT2D eigenvalue weighted by molar-refractivity contribution is 5.25. The summed E-state index contributed by atoms with van der Waals surface area (Å²) in [6.45, 7) is 0.375. The zero-order chi connectivity index (χ0) is 12.8. The Hall–Kier alpha value is -1.78. The second kappa shape index (κ2) is 6.23. The molecule has 1 heterocycles. The van der Waals surface area contributed by atoms with Crippen molar-refractivity contribution in [1.82, 2.24) is 0 Å². The van der Waals surface area contributed by atoms with Gasteiger partial charge in [0.25, 0.3) is 0 Å². The van der Waals surface area contributed by atoms with Gasteiger partial charge < -0.3 is 19.4 Å². The van der Waals surface area contributed by atoms with E-state index in [9.17, 15) is 5.11 Å². The van der Waals surface area contributed by atoms with Gasteiger partial charge in [0.15, 0.2) is 0 Å². The zero-order valence-corrected chi connectivity index (χ0v) is 9.95. The SMILES string of the molecule is OC[C@H](OCCc1ccc(O)cc1)c1ccco1. The van der Waals surface area contributed by atoms with Gasteiger partial charge in [-0.25, -0.2) is 0 Å². The number of furan rings is 1. The molecule has 4 heteroatoms. The van der Waals surface area contributed by atoms with Gasteiger partial charge in [-0.1, -0.05) is 12.1 Å². The molecule has 1 aromatic carbocycles. The van der Waals surface area contributed by atoms with E-state index in [1.807, 2.05) is 12.1 Å². The first kappa shape index (κ1) is 12.7. The molecule has 0 aliphatic carbocycles. The van der Waals surface area contributed by atoms with E-state index in [4.69, 9.17) is 14.3 Å². The summed E-state index contributed by atoms with van der Waals surface area (Å²) < 4.78 is 10.8. The van der Waals surface area contributed by atoms with Crippen molar-refractivity contribution in [3.8, 4) is 5.75 Å². The molecule has 2 N–H and O–H groups in total. The molecule has 0 fully saturated rings. The van der Waals surface area contributed by atoms with Gasteiger partial charge >= 0.3 is 0 Å². The van der Waals surface area contributed by atoms with Crippen molar-refractivity contribution < 1.29 is 19.4 Å². The Balaban J connectivity index is 1.82. The van der Waals surface area contributed by atoms with E-state index in [0.29, 0.717) is 12.4 Å². The van der Waals surface area contributed by atoms with Crippen LogP contribution in [0.5, 0.6) is 5.75 Å². The van der Waals surface area contributed by atoms with Gasteiger partial charge in [0.1, 0.15) is 17.6 Å². The highest BCUT2D eigenvalue weighted by Crippen LogP contribution is 2.18. The minimum atomic E-state index is -0.419. The highest BCUT2D eigenvalue weighted by atomic mass is 16.5. The number of aliphatic hydroxyl groups is 1. The van der Waals surface area contributed by atoms with Crippen molar-refractivity contribution >= 4 is 0 Å². The number of ether oxygens (including phenoxy) is 1. The molecule has 0 amide bonds. The van der Waals surface area contributed by atoms with E-state index in [-0.39, 0.29) is 12.4 Å². The highest BCUT2D eigenvalue weighted by Gasteiger charge is 2.13. The third-order valence-corrected chi connectivity index (χ3v) is 2.67. The van der Waals surface area contributed by atoms with Crippen LogP contribution in [0.4, 0.5) is 0 Å². The Morgan fingerprint density at radius 1 is 1.17 bits per heavy atom. The number of benzene rings is 1. The predicted octanol–water partition coefficient (Wildman–Crippen LogP) is 2.28. The summed E-state index contributed by atoms with van der Waals surface area (Å²) in [7, 11) is 0. The Labute approximate surface area is 105 Å². The fraction of sp³-hybridized carbons (Fsp3) is 0.286. The first-order valence-corrected chi connectivity index (χ1v) is 5.83. The molecule has 0 unspecified atom stereocenters. The number of hydrogen-bond acceptors (Lipinski definition) is 4. The van der Waals surface area contributed by atoms with E-state index in [1.165, 1.54) is 0 Å². The third-order valence-electron chi connectivity index (χ3n) is 2.67. The van der Waals surface area contributed by atoms with Gasteiger partial charge in [-0.3, -0.25) is 0 Å². The zero-order valence-electron chi connectivity index (χ0n) is 9.95. The van der Waals surface area contributed by atoms with Crippen molar-refractivity contribution in [2.24, 2.45) is 0 Å². The van der Waals surface area contributed by atoms with Crippen LogP contribution in [0, 0.1) is 0 Å². The summed E-state index contributed by atoms with van der Waals surface area (Å²) in [5, 5.41) is 18.4.